The Kier molecular flexibility index (Phi) is 7.73. The first kappa shape index (κ1) is 26.5. The smallest absolute Gasteiger partial charge is 0.387 e. The van der Waals surface area contributed by atoms with Crippen LogP contribution in [0.4, 0.5) is 13.2 Å². The molecule has 1 aromatic heterocycles. The fourth-order valence-electron chi connectivity index (χ4n) is 4.44. The van der Waals surface area contributed by atoms with Crippen LogP contribution in [0.3, 0.4) is 0 Å². The summed E-state index contributed by atoms with van der Waals surface area (Å²) in [4.78, 5) is 24.4. The van der Waals surface area contributed by atoms with Crippen LogP contribution in [0, 0.1) is 22.9 Å². The zero-order chi connectivity index (χ0) is 26.9. The third kappa shape index (κ3) is 6.05. The number of carbonyl (C=O) groups excluding carboxylic acids is 1. The highest BCUT2D eigenvalue weighted by atomic mass is 35.5. The van der Waals surface area contributed by atoms with Gasteiger partial charge in [-0.1, -0.05) is 30.7 Å². The molecule has 1 N–H and O–H groups in total. The van der Waals surface area contributed by atoms with Gasteiger partial charge >= 0.3 is 12.6 Å². The van der Waals surface area contributed by atoms with E-state index < -0.39 is 30.1 Å². The van der Waals surface area contributed by atoms with E-state index in [1.54, 1.807) is 12.1 Å². The normalized spacial score (nSPS) is 17.5. The third-order valence-corrected chi connectivity index (χ3v) is 6.94. The average Bonchev–Trinajstić information content (AvgIpc) is 3.54. The molecule has 1 fully saturated rings. The van der Waals surface area contributed by atoms with Crippen LogP contribution in [0.2, 0.25) is 5.02 Å². The number of Topliss-reactive ketones (excluding diaryl/α,β-unsaturated/α-hetero) is 1. The molecule has 194 valence electrons. The maximum atomic E-state index is 14.8. The lowest BCUT2D eigenvalue weighted by Crippen LogP contribution is -2.36. The highest BCUT2D eigenvalue weighted by Gasteiger charge is 2.39. The molecular formula is C27H23ClF3NO5. The molecule has 1 saturated carbocycles. The molecule has 0 unspecified atom stereocenters. The molecule has 0 radical (unpaired) electrons. The molecule has 4 rings (SSSR count). The summed E-state index contributed by atoms with van der Waals surface area (Å²) in [5.41, 5.74) is 0.420. The average molecular weight is 534 g/mol. The Labute approximate surface area is 215 Å². The van der Waals surface area contributed by atoms with E-state index in [4.69, 9.17) is 16.7 Å². The lowest BCUT2D eigenvalue weighted by Gasteiger charge is -2.17. The number of aromatic carboxylic acids is 1. The second-order valence-corrected chi connectivity index (χ2v) is 9.60. The predicted molar refractivity (Wildman–Crippen MR) is 129 cm³/mol. The van der Waals surface area contributed by atoms with Crippen molar-refractivity contribution in [1.82, 2.24) is 0 Å². The van der Waals surface area contributed by atoms with Gasteiger partial charge in [0.25, 0.3) is 0 Å². The van der Waals surface area contributed by atoms with Crippen LogP contribution in [-0.4, -0.2) is 23.5 Å². The second kappa shape index (κ2) is 10.8. The zero-order valence-corrected chi connectivity index (χ0v) is 20.4. The van der Waals surface area contributed by atoms with Crippen molar-refractivity contribution in [3.63, 3.8) is 0 Å². The number of alkyl halides is 2. The number of rotatable bonds is 10. The van der Waals surface area contributed by atoms with Gasteiger partial charge in [0.05, 0.1) is 21.7 Å². The van der Waals surface area contributed by atoms with Crippen LogP contribution in [0.15, 0.2) is 54.7 Å². The van der Waals surface area contributed by atoms with Crippen molar-refractivity contribution in [2.75, 3.05) is 0 Å². The van der Waals surface area contributed by atoms with E-state index in [0.717, 1.165) is 24.8 Å². The molecule has 1 aliphatic carbocycles. The van der Waals surface area contributed by atoms with E-state index in [1.807, 2.05) is 0 Å². The van der Waals surface area contributed by atoms with Gasteiger partial charge in [-0.3, -0.25) is 4.79 Å². The van der Waals surface area contributed by atoms with Crippen molar-refractivity contribution >= 4 is 23.4 Å². The largest absolute Gasteiger partial charge is 0.618 e. The van der Waals surface area contributed by atoms with E-state index in [-0.39, 0.29) is 45.5 Å². The number of nitrogens with zero attached hydrogens (tertiary/aromatic N) is 1. The molecular weight excluding hydrogens is 511 g/mol. The summed E-state index contributed by atoms with van der Waals surface area (Å²) in [5.74, 6) is -2.88. The van der Waals surface area contributed by atoms with Crippen molar-refractivity contribution in [2.45, 2.75) is 38.7 Å². The molecule has 10 heteroatoms. The molecule has 0 aliphatic heterocycles. The third-order valence-electron chi connectivity index (χ3n) is 6.65. The molecule has 3 atom stereocenters. The highest BCUT2D eigenvalue weighted by molar-refractivity contribution is 6.31. The standard InChI is InChI=1S/C27H23ClF3NO5/c1-14-10-18(14)12-19(22(33)11-15-2-4-16(5-3-15)26(34)35)21-8-6-17(13-32(21)36)24-23(37-27(30)31)9-7-20(28)25(24)29/h2-9,13-14,18-19,27H,10-12H2,1H3,(H,34,35)/t14-,18+,19-/m1/s1. The van der Waals surface area contributed by atoms with Crippen LogP contribution in [0.5, 0.6) is 5.75 Å². The van der Waals surface area contributed by atoms with Crippen LogP contribution in [-0.2, 0) is 11.2 Å². The molecule has 0 bridgehead atoms. The molecule has 2 aromatic carbocycles. The van der Waals surface area contributed by atoms with Gasteiger partial charge in [0.2, 0.25) is 5.69 Å². The van der Waals surface area contributed by atoms with Crippen LogP contribution in [0.1, 0.15) is 47.3 Å². The van der Waals surface area contributed by atoms with Crippen LogP contribution < -0.4 is 9.47 Å². The number of hydrogen-bond acceptors (Lipinski definition) is 4. The fourth-order valence-corrected chi connectivity index (χ4v) is 4.60. The van der Waals surface area contributed by atoms with Gasteiger partial charge in [0.1, 0.15) is 11.7 Å². The number of halogens is 4. The molecule has 3 aromatic rings. The summed E-state index contributed by atoms with van der Waals surface area (Å²) in [6, 6.07) is 10.8. The van der Waals surface area contributed by atoms with Gasteiger partial charge < -0.3 is 15.1 Å². The van der Waals surface area contributed by atoms with Crippen molar-refractivity contribution in [1.29, 1.82) is 0 Å². The van der Waals surface area contributed by atoms with E-state index >= 15 is 0 Å². The van der Waals surface area contributed by atoms with Crippen molar-refractivity contribution in [3.8, 4) is 16.9 Å². The molecule has 37 heavy (non-hydrogen) atoms. The van der Waals surface area contributed by atoms with Crippen molar-refractivity contribution in [2.24, 2.45) is 11.8 Å². The first-order chi connectivity index (χ1) is 17.5. The summed E-state index contributed by atoms with van der Waals surface area (Å²) in [6.45, 7) is -1.16. The molecule has 0 saturated heterocycles. The van der Waals surface area contributed by atoms with E-state index in [9.17, 15) is 28.0 Å². The van der Waals surface area contributed by atoms with Gasteiger partial charge in [-0.05, 0) is 60.6 Å². The SMILES string of the molecule is C[C@@H]1C[C@H]1C[C@@H](C(=O)Cc1ccc(C(=O)O)cc1)c1ccc(-c2c(OC(F)F)ccc(Cl)c2F)c[n+]1[O-]. The van der Waals surface area contributed by atoms with Crippen LogP contribution in [0.25, 0.3) is 11.1 Å². The van der Waals surface area contributed by atoms with Gasteiger partial charge in [-0.2, -0.15) is 13.5 Å². The number of aromatic nitrogens is 1. The first-order valence-electron chi connectivity index (χ1n) is 11.6. The van der Waals surface area contributed by atoms with Crippen LogP contribution >= 0.6 is 11.6 Å². The summed E-state index contributed by atoms with van der Waals surface area (Å²) >= 11 is 5.84. The Morgan fingerprint density at radius 1 is 1.16 bits per heavy atom. The molecule has 1 aliphatic rings. The fraction of sp³-hybridized carbons (Fsp3) is 0.296. The number of benzene rings is 2. The highest BCUT2D eigenvalue weighted by Crippen LogP contribution is 2.45. The topological polar surface area (TPSA) is 90.5 Å². The second-order valence-electron chi connectivity index (χ2n) is 9.19. The van der Waals surface area contributed by atoms with Gasteiger partial charge in [-0.15, -0.1) is 0 Å². The zero-order valence-electron chi connectivity index (χ0n) is 19.7. The van der Waals surface area contributed by atoms with E-state index in [2.05, 4.69) is 11.7 Å². The Bertz CT molecular complexity index is 1330. The maximum absolute atomic E-state index is 14.8. The summed E-state index contributed by atoms with van der Waals surface area (Å²) in [7, 11) is 0. The van der Waals surface area contributed by atoms with Crippen molar-refractivity contribution < 1.29 is 37.3 Å². The van der Waals surface area contributed by atoms with E-state index in [0.29, 0.717) is 22.6 Å². The lowest BCUT2D eigenvalue weighted by atomic mass is 9.88. The van der Waals surface area contributed by atoms with Gasteiger partial charge in [-0.25, -0.2) is 9.18 Å². The number of carbonyl (C=O) groups is 2. The number of pyridine rings is 1. The Hall–Kier alpha value is -3.59. The summed E-state index contributed by atoms with van der Waals surface area (Å²) in [5, 5.41) is 21.8. The molecule has 0 amide bonds. The Morgan fingerprint density at radius 2 is 1.84 bits per heavy atom. The lowest BCUT2D eigenvalue weighted by molar-refractivity contribution is -0.614. The van der Waals surface area contributed by atoms with Crippen molar-refractivity contribution in [3.05, 3.63) is 87.6 Å². The number of carboxylic acids is 1. The first-order valence-corrected chi connectivity index (χ1v) is 11.9. The quantitative estimate of drug-likeness (QED) is 0.254. The Balaban J connectivity index is 1.66. The minimum atomic E-state index is -3.22. The van der Waals surface area contributed by atoms with E-state index in [1.165, 1.54) is 24.3 Å². The molecule has 6 nitrogen and oxygen atoms in total. The number of carboxylic acid groups (broad SMARTS) is 1. The summed E-state index contributed by atoms with van der Waals surface area (Å²) < 4.78 is 45.4. The van der Waals surface area contributed by atoms with Gasteiger partial charge in [0.15, 0.2) is 17.8 Å². The number of ether oxygens (including phenoxy) is 1. The molecule has 1 heterocycles. The number of hydrogen-bond donors (Lipinski definition) is 1. The maximum Gasteiger partial charge on any atom is 0.387 e. The minimum absolute atomic E-state index is 0.0112. The molecule has 0 spiro atoms. The summed E-state index contributed by atoms with van der Waals surface area (Å²) in [6.07, 6.45) is 2.37. The Morgan fingerprint density at radius 3 is 2.41 bits per heavy atom. The van der Waals surface area contributed by atoms with Gasteiger partial charge in [0, 0.05) is 12.5 Å². The monoisotopic (exact) mass is 533 g/mol. The predicted octanol–water partition coefficient (Wildman–Crippen LogP) is 6.02. The minimum Gasteiger partial charge on any atom is -0.618 e. The number of ketones is 1.